The maximum atomic E-state index is 9.59. The molecule has 1 aromatic heterocycles. The van der Waals surface area contributed by atoms with Gasteiger partial charge in [0.25, 0.3) is 0 Å². The van der Waals surface area contributed by atoms with Gasteiger partial charge in [0, 0.05) is 19.6 Å². The fourth-order valence-electron chi connectivity index (χ4n) is 3.09. The maximum Gasteiger partial charge on any atom is 0.216 e. The molecule has 5 nitrogen and oxygen atoms in total. The smallest absolute Gasteiger partial charge is 0.216 e. The van der Waals surface area contributed by atoms with Crippen molar-refractivity contribution in [2.75, 3.05) is 13.7 Å². The topological polar surface area (TPSA) is 50.5 Å². The Morgan fingerprint density at radius 3 is 2.89 bits per heavy atom. The molecule has 0 bridgehead atoms. The fourth-order valence-corrected chi connectivity index (χ4v) is 3.09. The molecule has 1 aliphatic heterocycles. The van der Waals surface area contributed by atoms with Gasteiger partial charge in [-0.3, -0.25) is 4.90 Å². The largest absolute Gasteiger partial charge is 0.481 e. The molecule has 2 atom stereocenters. The Labute approximate surface area is 115 Å². The lowest BCUT2D eigenvalue weighted by Gasteiger charge is -2.25. The number of aryl methyl sites for hydroxylation is 2. The van der Waals surface area contributed by atoms with Gasteiger partial charge in [0.1, 0.15) is 0 Å². The summed E-state index contributed by atoms with van der Waals surface area (Å²) in [6, 6.07) is 0.476. The number of ether oxygens (including phenoxy) is 1. The summed E-state index contributed by atoms with van der Waals surface area (Å²) in [6.45, 7) is 5.85. The lowest BCUT2D eigenvalue weighted by Crippen LogP contribution is -2.31. The SMILES string of the molecule is COc1c(CN2CCCC2CC(C)O)c(C)nn1C. The molecule has 0 amide bonds. The van der Waals surface area contributed by atoms with Crippen LogP contribution < -0.4 is 4.74 Å². The predicted molar refractivity (Wildman–Crippen MR) is 74.2 cm³/mol. The molecular weight excluding hydrogens is 242 g/mol. The van der Waals surface area contributed by atoms with Gasteiger partial charge in [-0.1, -0.05) is 0 Å². The number of aromatic nitrogens is 2. The van der Waals surface area contributed by atoms with Gasteiger partial charge in [0.05, 0.1) is 24.5 Å². The lowest BCUT2D eigenvalue weighted by molar-refractivity contribution is 0.130. The van der Waals surface area contributed by atoms with E-state index >= 15 is 0 Å². The second-order valence-electron chi connectivity index (χ2n) is 5.55. The normalized spacial score (nSPS) is 21.8. The number of likely N-dealkylation sites (tertiary alicyclic amines) is 1. The van der Waals surface area contributed by atoms with Crippen LogP contribution in [0.3, 0.4) is 0 Å². The quantitative estimate of drug-likeness (QED) is 0.878. The van der Waals surface area contributed by atoms with Gasteiger partial charge in [-0.25, -0.2) is 4.68 Å². The first-order valence-corrected chi connectivity index (χ1v) is 7.01. The summed E-state index contributed by atoms with van der Waals surface area (Å²) < 4.78 is 7.24. The maximum absolute atomic E-state index is 9.59. The van der Waals surface area contributed by atoms with Crippen LogP contribution in [0.4, 0.5) is 0 Å². The highest BCUT2D eigenvalue weighted by Gasteiger charge is 2.28. The summed E-state index contributed by atoms with van der Waals surface area (Å²) in [5.74, 6) is 0.847. The highest BCUT2D eigenvalue weighted by molar-refractivity contribution is 5.31. The molecule has 1 aliphatic rings. The molecule has 0 aliphatic carbocycles. The van der Waals surface area contributed by atoms with E-state index in [1.807, 2.05) is 20.9 Å². The van der Waals surface area contributed by atoms with Crippen molar-refractivity contribution < 1.29 is 9.84 Å². The third-order valence-electron chi connectivity index (χ3n) is 3.96. The van der Waals surface area contributed by atoms with E-state index in [9.17, 15) is 5.11 Å². The van der Waals surface area contributed by atoms with Crippen molar-refractivity contribution in [3.8, 4) is 5.88 Å². The minimum Gasteiger partial charge on any atom is -0.481 e. The van der Waals surface area contributed by atoms with Crippen molar-refractivity contribution in [3.63, 3.8) is 0 Å². The van der Waals surface area contributed by atoms with Crippen LogP contribution in [-0.4, -0.2) is 45.6 Å². The van der Waals surface area contributed by atoms with Gasteiger partial charge in [0.15, 0.2) is 0 Å². The third-order valence-corrected chi connectivity index (χ3v) is 3.96. The fraction of sp³-hybridized carbons (Fsp3) is 0.786. The van der Waals surface area contributed by atoms with E-state index in [2.05, 4.69) is 10.00 Å². The number of rotatable bonds is 5. The summed E-state index contributed by atoms with van der Waals surface area (Å²) >= 11 is 0. The van der Waals surface area contributed by atoms with Crippen LogP contribution in [0, 0.1) is 6.92 Å². The first-order valence-electron chi connectivity index (χ1n) is 7.01. The van der Waals surface area contributed by atoms with E-state index in [4.69, 9.17) is 4.74 Å². The highest BCUT2D eigenvalue weighted by Crippen LogP contribution is 2.28. The average molecular weight is 267 g/mol. The van der Waals surface area contributed by atoms with Gasteiger partial charge in [-0.15, -0.1) is 0 Å². The molecule has 0 radical (unpaired) electrons. The molecular formula is C14H25N3O2. The molecule has 2 rings (SSSR count). The Kier molecular flexibility index (Phi) is 4.47. The molecule has 19 heavy (non-hydrogen) atoms. The highest BCUT2D eigenvalue weighted by atomic mass is 16.5. The second-order valence-corrected chi connectivity index (χ2v) is 5.55. The van der Waals surface area contributed by atoms with Crippen LogP contribution in [0.5, 0.6) is 5.88 Å². The third kappa shape index (κ3) is 3.09. The van der Waals surface area contributed by atoms with Crippen LogP contribution in [0.1, 0.15) is 37.4 Å². The number of nitrogens with zero attached hydrogens (tertiary/aromatic N) is 3. The monoisotopic (exact) mass is 267 g/mol. The molecule has 108 valence electrons. The number of aliphatic hydroxyl groups excluding tert-OH is 1. The minimum atomic E-state index is -0.234. The Balaban J connectivity index is 2.12. The molecule has 0 spiro atoms. The van der Waals surface area contributed by atoms with E-state index < -0.39 is 0 Å². The second kappa shape index (κ2) is 5.92. The summed E-state index contributed by atoms with van der Waals surface area (Å²) in [5, 5.41) is 14.0. The van der Waals surface area contributed by atoms with Gasteiger partial charge in [0.2, 0.25) is 5.88 Å². The molecule has 5 heteroatoms. The first kappa shape index (κ1) is 14.3. The van der Waals surface area contributed by atoms with Crippen LogP contribution in [0.2, 0.25) is 0 Å². The van der Waals surface area contributed by atoms with Crippen LogP contribution in [0.15, 0.2) is 0 Å². The zero-order valence-electron chi connectivity index (χ0n) is 12.4. The van der Waals surface area contributed by atoms with E-state index in [0.717, 1.165) is 31.1 Å². The van der Waals surface area contributed by atoms with Crippen LogP contribution in [0.25, 0.3) is 0 Å². The molecule has 1 saturated heterocycles. The molecule has 1 fully saturated rings. The minimum absolute atomic E-state index is 0.234. The predicted octanol–water partition coefficient (Wildman–Crippen LogP) is 1.47. The van der Waals surface area contributed by atoms with E-state index in [0.29, 0.717) is 6.04 Å². The summed E-state index contributed by atoms with van der Waals surface area (Å²) in [5.41, 5.74) is 2.20. The van der Waals surface area contributed by atoms with Crippen LogP contribution in [-0.2, 0) is 13.6 Å². The molecule has 0 aromatic carbocycles. The van der Waals surface area contributed by atoms with E-state index in [1.165, 1.54) is 18.4 Å². The van der Waals surface area contributed by atoms with Crippen molar-refractivity contribution in [2.45, 2.75) is 51.8 Å². The summed E-state index contributed by atoms with van der Waals surface area (Å²) in [4.78, 5) is 2.44. The zero-order chi connectivity index (χ0) is 14.0. The van der Waals surface area contributed by atoms with Gasteiger partial charge in [-0.2, -0.15) is 5.10 Å². The zero-order valence-corrected chi connectivity index (χ0v) is 12.4. The van der Waals surface area contributed by atoms with Crippen molar-refractivity contribution in [1.29, 1.82) is 0 Å². The lowest BCUT2D eigenvalue weighted by atomic mass is 10.1. The number of aliphatic hydroxyl groups is 1. The number of hydrogen-bond acceptors (Lipinski definition) is 4. The standard InChI is InChI=1S/C14H25N3O2/c1-10(18)8-12-6-5-7-17(12)9-13-11(2)15-16(3)14(13)19-4/h10,12,18H,5-9H2,1-4H3. The van der Waals surface area contributed by atoms with Crippen molar-refractivity contribution in [2.24, 2.45) is 7.05 Å². The van der Waals surface area contributed by atoms with E-state index in [-0.39, 0.29) is 6.10 Å². The molecule has 2 unspecified atom stereocenters. The van der Waals surface area contributed by atoms with Crippen LogP contribution >= 0.6 is 0 Å². The van der Waals surface area contributed by atoms with Gasteiger partial charge in [-0.05, 0) is 39.7 Å². The number of hydrogen-bond donors (Lipinski definition) is 1. The Morgan fingerprint density at radius 2 is 2.26 bits per heavy atom. The summed E-state index contributed by atoms with van der Waals surface area (Å²) in [7, 11) is 3.60. The molecule has 0 saturated carbocycles. The van der Waals surface area contributed by atoms with Gasteiger partial charge >= 0.3 is 0 Å². The number of methoxy groups -OCH3 is 1. The average Bonchev–Trinajstić information content (AvgIpc) is 2.85. The van der Waals surface area contributed by atoms with Crippen molar-refractivity contribution in [1.82, 2.24) is 14.7 Å². The molecule has 2 heterocycles. The first-order chi connectivity index (χ1) is 9.02. The Morgan fingerprint density at radius 1 is 1.53 bits per heavy atom. The molecule has 1 N–H and O–H groups in total. The van der Waals surface area contributed by atoms with E-state index in [1.54, 1.807) is 11.8 Å². The van der Waals surface area contributed by atoms with Gasteiger partial charge < -0.3 is 9.84 Å². The van der Waals surface area contributed by atoms with Crippen molar-refractivity contribution >= 4 is 0 Å². The molecule has 1 aromatic rings. The Hall–Kier alpha value is -1.07. The Bertz CT molecular complexity index is 429. The summed E-state index contributed by atoms with van der Waals surface area (Å²) in [6.07, 6.45) is 3.00. The van der Waals surface area contributed by atoms with Crippen molar-refractivity contribution in [3.05, 3.63) is 11.3 Å².